The number of benzene rings is 2. The summed E-state index contributed by atoms with van der Waals surface area (Å²) in [6.07, 6.45) is -7.84. The predicted octanol–water partition coefficient (Wildman–Crippen LogP) is 6.78. The lowest BCUT2D eigenvalue weighted by atomic mass is 10.0. The van der Waals surface area contributed by atoms with Crippen molar-refractivity contribution in [1.82, 2.24) is 15.0 Å². The van der Waals surface area contributed by atoms with Crippen molar-refractivity contribution < 1.29 is 35.5 Å². The zero-order valence-electron chi connectivity index (χ0n) is 20.8. The Balaban J connectivity index is 1.64. The zero-order valence-corrected chi connectivity index (χ0v) is 20.8. The summed E-state index contributed by atoms with van der Waals surface area (Å²) in [5.74, 6) is -1.62. The highest BCUT2D eigenvalue weighted by Crippen LogP contribution is 2.40. The maximum atomic E-state index is 14.6. The van der Waals surface area contributed by atoms with Gasteiger partial charge in [0.2, 0.25) is 0 Å². The summed E-state index contributed by atoms with van der Waals surface area (Å²) in [6.45, 7) is 3.48. The molecule has 1 amide bonds. The van der Waals surface area contributed by atoms with E-state index >= 15 is 0 Å². The van der Waals surface area contributed by atoms with Crippen molar-refractivity contribution in [2.45, 2.75) is 12.4 Å². The number of nitrogens with zero attached hydrogens (tertiary/aromatic N) is 4. The fourth-order valence-electron chi connectivity index (χ4n) is 3.83. The molecule has 0 aliphatic carbocycles. The Morgan fingerprint density at radius 3 is 2.37 bits per heavy atom. The number of aromatic amines is 1. The average Bonchev–Trinajstić information content (AvgIpc) is 3.39. The van der Waals surface area contributed by atoms with E-state index in [1.54, 1.807) is 12.1 Å². The normalized spacial score (nSPS) is 12.2. The molecule has 3 N–H and O–H groups in total. The second-order valence-corrected chi connectivity index (χ2v) is 8.26. The molecule has 212 valence electrons. The van der Waals surface area contributed by atoms with Crippen LogP contribution in [0, 0.1) is 5.82 Å². The topological polar surface area (TPSA) is 107 Å². The number of amides is 1. The molecular weight excluding hydrogens is 559 g/mol. The molecule has 8 nitrogen and oxygen atoms in total. The predicted molar refractivity (Wildman–Crippen MR) is 138 cm³/mol. The highest BCUT2D eigenvalue weighted by atomic mass is 19.4. The van der Waals surface area contributed by atoms with Crippen LogP contribution in [0.3, 0.4) is 0 Å². The standard InChI is InChI=1S/C26H18F7N7O/c1-34-20(21-23(35-2)38-12-37-21)15-4-3-9-36-22(15)39-14-6-8-18(27)19(11-14)40-24(41)13-5-7-16(25(28,29)30)17(10-13)26(31,32)33/h3-12H,2H2,1H3,(H,36,39)(H,37,38)(H,40,41)/b34-20-. The number of H-pyrrole nitrogens is 1. The summed E-state index contributed by atoms with van der Waals surface area (Å²) in [4.78, 5) is 32.1. The minimum absolute atomic E-state index is 0.0609. The SMILES string of the molecule is C=Nc1[nH]cnc1/C(=N\C)c1cccnc1Nc1ccc(F)c(NC(=O)c2ccc(C(F)(F)F)c(C(F)(F)F)c2)c1. The lowest BCUT2D eigenvalue weighted by Crippen LogP contribution is -2.19. The molecule has 0 saturated heterocycles. The molecule has 2 aromatic heterocycles. The van der Waals surface area contributed by atoms with Gasteiger partial charge < -0.3 is 15.6 Å². The van der Waals surface area contributed by atoms with Crippen LogP contribution in [0.1, 0.15) is 32.7 Å². The Morgan fingerprint density at radius 1 is 0.976 bits per heavy atom. The Kier molecular flexibility index (Phi) is 7.89. The fourth-order valence-corrected chi connectivity index (χ4v) is 3.83. The Labute approximate surface area is 227 Å². The van der Waals surface area contributed by atoms with Crippen LogP contribution in [0.25, 0.3) is 0 Å². The molecule has 0 saturated carbocycles. The van der Waals surface area contributed by atoms with Gasteiger partial charge in [-0.15, -0.1) is 0 Å². The Morgan fingerprint density at radius 2 is 1.71 bits per heavy atom. The third-order valence-corrected chi connectivity index (χ3v) is 5.66. The number of nitrogens with one attached hydrogen (secondary N) is 3. The second-order valence-electron chi connectivity index (χ2n) is 8.26. The molecule has 41 heavy (non-hydrogen) atoms. The highest BCUT2D eigenvalue weighted by molar-refractivity contribution is 6.16. The van der Waals surface area contributed by atoms with Gasteiger partial charge >= 0.3 is 12.4 Å². The van der Waals surface area contributed by atoms with Gasteiger partial charge in [-0.05, 0) is 55.2 Å². The molecule has 0 spiro atoms. The van der Waals surface area contributed by atoms with Crippen LogP contribution in [0.15, 0.2) is 71.0 Å². The van der Waals surface area contributed by atoms with Crippen LogP contribution in [0.2, 0.25) is 0 Å². The molecule has 0 unspecified atom stereocenters. The number of carbonyl (C=O) groups is 1. The lowest BCUT2D eigenvalue weighted by molar-refractivity contribution is -0.162. The van der Waals surface area contributed by atoms with Crippen LogP contribution in [0.5, 0.6) is 0 Å². The van der Waals surface area contributed by atoms with Crippen molar-refractivity contribution in [3.8, 4) is 0 Å². The number of aromatic nitrogens is 3. The molecule has 0 aliphatic rings. The maximum absolute atomic E-state index is 14.6. The average molecular weight is 577 g/mol. The maximum Gasteiger partial charge on any atom is 0.417 e. The lowest BCUT2D eigenvalue weighted by Gasteiger charge is -2.17. The van der Waals surface area contributed by atoms with Crippen molar-refractivity contribution in [3.63, 3.8) is 0 Å². The minimum Gasteiger partial charge on any atom is -0.340 e. The van der Waals surface area contributed by atoms with E-state index in [4.69, 9.17) is 0 Å². The Hall–Kier alpha value is -5.08. The first-order valence-corrected chi connectivity index (χ1v) is 11.4. The van der Waals surface area contributed by atoms with E-state index in [0.717, 1.165) is 12.1 Å². The number of halogens is 7. The molecule has 2 aromatic carbocycles. The molecule has 0 radical (unpaired) electrons. The number of rotatable bonds is 7. The van der Waals surface area contributed by atoms with E-state index in [9.17, 15) is 35.5 Å². The van der Waals surface area contributed by atoms with Crippen molar-refractivity contribution in [3.05, 3.63) is 94.8 Å². The number of pyridine rings is 1. The van der Waals surface area contributed by atoms with E-state index < -0.39 is 46.5 Å². The van der Waals surface area contributed by atoms with Crippen LogP contribution in [-0.2, 0) is 12.4 Å². The molecule has 0 atom stereocenters. The van der Waals surface area contributed by atoms with Gasteiger partial charge in [0, 0.05) is 30.1 Å². The van der Waals surface area contributed by atoms with Gasteiger partial charge in [-0.3, -0.25) is 9.79 Å². The van der Waals surface area contributed by atoms with Crippen molar-refractivity contribution in [2.24, 2.45) is 9.98 Å². The van der Waals surface area contributed by atoms with Gasteiger partial charge in [0.25, 0.3) is 5.91 Å². The molecule has 4 aromatic rings. The van der Waals surface area contributed by atoms with Gasteiger partial charge in [0.1, 0.15) is 17.3 Å². The number of alkyl halides is 6. The largest absolute Gasteiger partial charge is 0.417 e. The fraction of sp³-hybridized carbons (Fsp3) is 0.115. The third kappa shape index (κ3) is 6.23. The van der Waals surface area contributed by atoms with E-state index in [-0.39, 0.29) is 23.6 Å². The number of imidazole rings is 1. The summed E-state index contributed by atoms with van der Waals surface area (Å²) < 4.78 is 93.7. The van der Waals surface area contributed by atoms with E-state index in [1.165, 1.54) is 25.6 Å². The summed E-state index contributed by atoms with van der Waals surface area (Å²) >= 11 is 0. The van der Waals surface area contributed by atoms with Crippen LogP contribution < -0.4 is 10.6 Å². The quantitative estimate of drug-likeness (QED) is 0.166. The molecule has 0 fully saturated rings. The van der Waals surface area contributed by atoms with E-state index in [2.05, 4.69) is 42.3 Å². The van der Waals surface area contributed by atoms with Gasteiger partial charge in [0.05, 0.1) is 28.9 Å². The molecule has 0 aliphatic heterocycles. The summed E-state index contributed by atoms with van der Waals surface area (Å²) in [7, 11) is 1.52. The molecule has 2 heterocycles. The number of hydrogen-bond acceptors (Lipinski definition) is 6. The summed E-state index contributed by atoms with van der Waals surface area (Å²) in [5, 5.41) is 5.05. The van der Waals surface area contributed by atoms with Crippen LogP contribution >= 0.6 is 0 Å². The van der Waals surface area contributed by atoms with Crippen molar-refractivity contribution in [1.29, 1.82) is 0 Å². The first-order valence-electron chi connectivity index (χ1n) is 11.4. The molecule has 15 heteroatoms. The first kappa shape index (κ1) is 28.9. The first-order chi connectivity index (χ1) is 19.3. The van der Waals surface area contributed by atoms with E-state index in [1.807, 2.05) is 0 Å². The summed E-state index contributed by atoms with van der Waals surface area (Å²) in [6, 6.07) is 7.49. The monoisotopic (exact) mass is 577 g/mol. The van der Waals surface area contributed by atoms with E-state index in [0.29, 0.717) is 28.9 Å². The Bertz CT molecular complexity index is 1640. The van der Waals surface area contributed by atoms with Gasteiger partial charge in [-0.2, -0.15) is 26.3 Å². The minimum atomic E-state index is -5.39. The second kappa shape index (κ2) is 11.2. The molecule has 4 rings (SSSR count). The van der Waals surface area contributed by atoms with Gasteiger partial charge in [-0.1, -0.05) is 0 Å². The van der Waals surface area contributed by atoms with Crippen molar-refractivity contribution >= 4 is 41.3 Å². The van der Waals surface area contributed by atoms with Gasteiger partial charge in [-0.25, -0.2) is 19.4 Å². The third-order valence-electron chi connectivity index (χ3n) is 5.66. The smallest absolute Gasteiger partial charge is 0.340 e. The van der Waals surface area contributed by atoms with Crippen molar-refractivity contribution in [2.75, 3.05) is 17.7 Å². The number of aliphatic imine (C=N–C) groups is 2. The number of carbonyl (C=O) groups excluding carboxylic acids is 1. The number of hydrogen-bond donors (Lipinski definition) is 3. The van der Waals surface area contributed by atoms with Crippen LogP contribution in [0.4, 0.5) is 53.7 Å². The van der Waals surface area contributed by atoms with Gasteiger partial charge in [0.15, 0.2) is 5.82 Å². The summed E-state index contributed by atoms with van der Waals surface area (Å²) in [5.41, 5.74) is -3.80. The molecular formula is C26H18F7N7O. The zero-order chi connectivity index (χ0) is 29.9. The number of anilines is 3. The van der Waals surface area contributed by atoms with Crippen LogP contribution in [-0.4, -0.2) is 40.3 Å². The molecule has 0 bridgehead atoms. The highest BCUT2D eigenvalue weighted by Gasteiger charge is 2.43.